The molecule has 31 heavy (non-hydrogen) atoms. The first-order valence-electron chi connectivity index (χ1n) is 11.0. The largest absolute Gasteiger partial charge is 0.379 e. The lowest BCUT2D eigenvalue weighted by Crippen LogP contribution is -2.49. The smallest absolute Gasteiger partial charge is 0.293 e. The third kappa shape index (κ3) is 5.74. The summed E-state index contributed by atoms with van der Waals surface area (Å²) in [6.45, 7) is 10.8. The van der Waals surface area contributed by atoms with Crippen molar-refractivity contribution in [1.29, 1.82) is 0 Å². The normalized spacial score (nSPS) is 22.4. The summed E-state index contributed by atoms with van der Waals surface area (Å²) in [5, 5.41) is 14.9. The number of sulfonamides is 1. The van der Waals surface area contributed by atoms with Crippen molar-refractivity contribution in [3.05, 3.63) is 28.3 Å². The average Bonchev–Trinajstić information content (AvgIpc) is 2.74. The lowest BCUT2D eigenvalue weighted by molar-refractivity contribution is -0.384. The maximum atomic E-state index is 13.0. The van der Waals surface area contributed by atoms with Gasteiger partial charge in [-0.05, 0) is 36.8 Å². The number of anilines is 1. The van der Waals surface area contributed by atoms with Crippen molar-refractivity contribution in [3.8, 4) is 0 Å². The van der Waals surface area contributed by atoms with Gasteiger partial charge in [-0.25, -0.2) is 8.42 Å². The molecule has 10 heteroatoms. The van der Waals surface area contributed by atoms with Gasteiger partial charge in [-0.1, -0.05) is 20.8 Å². The standard InChI is InChI=1S/C21H34N4O5S/c1-16(2)21(23-9-11-30-12-10-23)14-22-19-7-6-18(13-20(19)25(26)27)31(28,29)24-8-4-5-17(3)15-24/h6-7,13,16-17,21-22H,4-5,8-12,14-15H2,1-3H3/t17-,21-/m1/s1. The highest BCUT2D eigenvalue weighted by Gasteiger charge is 2.31. The summed E-state index contributed by atoms with van der Waals surface area (Å²) >= 11 is 0. The molecule has 2 atom stereocenters. The van der Waals surface area contributed by atoms with Gasteiger partial charge in [-0.15, -0.1) is 0 Å². The summed E-state index contributed by atoms with van der Waals surface area (Å²) in [5.41, 5.74) is 0.130. The lowest BCUT2D eigenvalue weighted by Gasteiger charge is -2.37. The highest BCUT2D eigenvalue weighted by Crippen LogP contribution is 2.31. The molecule has 0 saturated carbocycles. The van der Waals surface area contributed by atoms with E-state index in [0.717, 1.165) is 25.9 Å². The Hall–Kier alpha value is -1.75. The molecule has 2 fully saturated rings. The third-order valence-corrected chi connectivity index (χ3v) is 8.07. The molecule has 0 amide bonds. The quantitative estimate of drug-likeness (QED) is 0.476. The summed E-state index contributed by atoms with van der Waals surface area (Å²) < 4.78 is 33.0. The molecule has 0 bridgehead atoms. The first-order valence-corrected chi connectivity index (χ1v) is 12.5. The monoisotopic (exact) mass is 454 g/mol. The molecule has 0 aliphatic carbocycles. The van der Waals surface area contributed by atoms with Crippen LogP contribution in [0.3, 0.4) is 0 Å². The van der Waals surface area contributed by atoms with E-state index in [1.807, 2.05) is 6.92 Å². The van der Waals surface area contributed by atoms with E-state index >= 15 is 0 Å². The fourth-order valence-corrected chi connectivity index (χ4v) is 6.02. The molecule has 1 aromatic carbocycles. The molecule has 9 nitrogen and oxygen atoms in total. The van der Waals surface area contributed by atoms with Crippen molar-refractivity contribution in [2.45, 2.75) is 44.6 Å². The van der Waals surface area contributed by atoms with Crippen LogP contribution in [0.1, 0.15) is 33.6 Å². The Balaban J connectivity index is 1.79. The predicted molar refractivity (Wildman–Crippen MR) is 120 cm³/mol. The predicted octanol–water partition coefficient (Wildman–Crippen LogP) is 2.78. The Morgan fingerprint density at radius 1 is 1.26 bits per heavy atom. The summed E-state index contributed by atoms with van der Waals surface area (Å²) in [7, 11) is -3.75. The summed E-state index contributed by atoms with van der Waals surface area (Å²) in [5.74, 6) is 0.637. The van der Waals surface area contributed by atoms with Crippen molar-refractivity contribution < 1.29 is 18.1 Å². The van der Waals surface area contributed by atoms with Crippen LogP contribution in [0.5, 0.6) is 0 Å². The van der Waals surface area contributed by atoms with E-state index < -0.39 is 14.9 Å². The number of benzene rings is 1. The van der Waals surface area contributed by atoms with E-state index in [-0.39, 0.29) is 22.5 Å². The third-order valence-electron chi connectivity index (χ3n) is 6.21. The SMILES string of the molecule is CC(C)[C@@H](CNc1ccc(S(=O)(=O)N2CCC[C@@H](C)C2)cc1[N+](=O)[O-])N1CCOCC1. The molecule has 2 aliphatic heterocycles. The number of hydrogen-bond acceptors (Lipinski definition) is 7. The van der Waals surface area contributed by atoms with Crippen molar-refractivity contribution in [1.82, 2.24) is 9.21 Å². The highest BCUT2D eigenvalue weighted by atomic mass is 32.2. The number of ether oxygens (including phenoxy) is 1. The van der Waals surface area contributed by atoms with Crippen LogP contribution >= 0.6 is 0 Å². The maximum Gasteiger partial charge on any atom is 0.293 e. The molecule has 1 aromatic rings. The van der Waals surface area contributed by atoms with Gasteiger partial charge in [-0.3, -0.25) is 15.0 Å². The zero-order valence-electron chi connectivity index (χ0n) is 18.6. The first-order chi connectivity index (χ1) is 14.7. The minimum absolute atomic E-state index is 0.0209. The van der Waals surface area contributed by atoms with Gasteiger partial charge in [0.05, 0.1) is 23.0 Å². The molecular weight excluding hydrogens is 420 g/mol. The van der Waals surface area contributed by atoms with Gasteiger partial charge in [-0.2, -0.15) is 4.31 Å². The van der Waals surface area contributed by atoms with Crippen LogP contribution in [-0.2, 0) is 14.8 Å². The van der Waals surface area contributed by atoms with E-state index in [9.17, 15) is 18.5 Å². The van der Waals surface area contributed by atoms with Gasteiger partial charge in [0.1, 0.15) is 5.69 Å². The molecule has 174 valence electrons. The number of hydrogen-bond donors (Lipinski definition) is 1. The van der Waals surface area contributed by atoms with E-state index in [4.69, 9.17) is 4.74 Å². The summed E-state index contributed by atoms with van der Waals surface area (Å²) in [6, 6.07) is 4.38. The number of rotatable bonds is 8. The minimum Gasteiger partial charge on any atom is -0.379 e. The molecule has 0 unspecified atom stereocenters. The Morgan fingerprint density at radius 3 is 2.58 bits per heavy atom. The maximum absolute atomic E-state index is 13.0. The average molecular weight is 455 g/mol. The fraction of sp³-hybridized carbons (Fsp3) is 0.714. The van der Waals surface area contributed by atoms with Crippen LogP contribution in [0.25, 0.3) is 0 Å². The molecule has 0 spiro atoms. The number of nitro groups is 1. The zero-order chi connectivity index (χ0) is 22.6. The molecule has 2 heterocycles. The van der Waals surface area contributed by atoms with Crippen LogP contribution in [0.4, 0.5) is 11.4 Å². The second-order valence-electron chi connectivity index (χ2n) is 8.89. The van der Waals surface area contributed by atoms with Gasteiger partial charge >= 0.3 is 0 Å². The molecule has 0 aromatic heterocycles. The number of morpholine rings is 1. The Bertz CT molecular complexity index is 871. The van der Waals surface area contributed by atoms with Crippen molar-refractivity contribution >= 4 is 21.4 Å². The lowest BCUT2D eigenvalue weighted by atomic mass is 10.0. The van der Waals surface area contributed by atoms with E-state index in [1.165, 1.54) is 22.5 Å². The number of nitrogens with one attached hydrogen (secondary N) is 1. The van der Waals surface area contributed by atoms with Gasteiger partial charge in [0.25, 0.3) is 5.69 Å². The Kier molecular flexibility index (Phi) is 7.90. The fourth-order valence-electron chi connectivity index (χ4n) is 4.40. The van der Waals surface area contributed by atoms with Gasteiger partial charge in [0, 0.05) is 44.8 Å². The molecule has 0 radical (unpaired) electrons. The van der Waals surface area contributed by atoms with Crippen LogP contribution in [0.2, 0.25) is 0 Å². The van der Waals surface area contributed by atoms with Crippen LogP contribution in [0.15, 0.2) is 23.1 Å². The van der Waals surface area contributed by atoms with Gasteiger partial charge < -0.3 is 10.1 Å². The van der Waals surface area contributed by atoms with Gasteiger partial charge in [0.2, 0.25) is 10.0 Å². The molecule has 1 N–H and O–H groups in total. The zero-order valence-corrected chi connectivity index (χ0v) is 19.4. The van der Waals surface area contributed by atoms with E-state index in [1.54, 1.807) is 0 Å². The Labute approximate surface area is 184 Å². The van der Waals surface area contributed by atoms with Gasteiger partial charge in [0.15, 0.2) is 0 Å². The molecular formula is C21H34N4O5S. The minimum atomic E-state index is -3.75. The summed E-state index contributed by atoms with van der Waals surface area (Å²) in [4.78, 5) is 13.5. The second kappa shape index (κ2) is 10.2. The number of nitro benzene ring substituents is 1. The second-order valence-corrected chi connectivity index (χ2v) is 10.8. The van der Waals surface area contributed by atoms with Crippen LogP contribution in [0, 0.1) is 22.0 Å². The van der Waals surface area contributed by atoms with E-state index in [2.05, 4.69) is 24.1 Å². The Morgan fingerprint density at radius 2 is 1.97 bits per heavy atom. The number of nitrogens with zero attached hydrogens (tertiary/aromatic N) is 3. The van der Waals surface area contributed by atoms with E-state index in [0.29, 0.717) is 44.5 Å². The van der Waals surface area contributed by atoms with Crippen LogP contribution < -0.4 is 5.32 Å². The topological polar surface area (TPSA) is 105 Å². The molecule has 2 saturated heterocycles. The molecule has 2 aliphatic rings. The highest BCUT2D eigenvalue weighted by molar-refractivity contribution is 7.89. The number of piperidine rings is 1. The van der Waals surface area contributed by atoms with Crippen molar-refractivity contribution in [2.75, 3.05) is 51.3 Å². The van der Waals surface area contributed by atoms with Crippen molar-refractivity contribution in [2.24, 2.45) is 11.8 Å². The first kappa shape index (κ1) is 23.9. The van der Waals surface area contributed by atoms with Crippen molar-refractivity contribution in [3.63, 3.8) is 0 Å². The summed E-state index contributed by atoms with van der Waals surface area (Å²) in [6.07, 6.45) is 1.80. The molecule has 3 rings (SSSR count). The van der Waals surface area contributed by atoms with Crippen LogP contribution in [-0.4, -0.2) is 74.5 Å².